The van der Waals surface area contributed by atoms with Crippen LogP contribution in [-0.4, -0.2) is 22.3 Å². The summed E-state index contributed by atoms with van der Waals surface area (Å²) in [6.07, 6.45) is 3.39. The highest BCUT2D eigenvalue weighted by Crippen LogP contribution is 2.44. The summed E-state index contributed by atoms with van der Waals surface area (Å²) < 4.78 is 5.28. The van der Waals surface area contributed by atoms with Crippen LogP contribution in [0.5, 0.6) is 0 Å². The fraction of sp³-hybridized carbons (Fsp3) is 0.769. The topological polar surface area (TPSA) is 46.5 Å². The Labute approximate surface area is 97.5 Å². The molecule has 0 aromatic heterocycles. The smallest absolute Gasteiger partial charge is 0.312 e. The van der Waals surface area contributed by atoms with Gasteiger partial charge in [0.05, 0.1) is 11.5 Å². The SMILES string of the molecule is C=CC(O)(C1CC1)C(C)C(=O)OC(C)(C)C. The number of carbonyl (C=O) groups is 1. The molecule has 0 heterocycles. The molecule has 2 atom stereocenters. The lowest BCUT2D eigenvalue weighted by Crippen LogP contribution is -2.43. The summed E-state index contributed by atoms with van der Waals surface area (Å²) in [5.74, 6) is -0.758. The third-order valence-corrected chi connectivity index (χ3v) is 3.01. The standard InChI is InChI=1S/C13H22O3/c1-6-13(15,10-7-8-10)9(2)11(14)16-12(3,4)5/h6,9-10,15H,1,7-8H2,2-5H3. The van der Waals surface area contributed by atoms with Crippen molar-refractivity contribution in [2.75, 3.05) is 0 Å². The Morgan fingerprint density at radius 2 is 2.00 bits per heavy atom. The van der Waals surface area contributed by atoms with Crippen molar-refractivity contribution in [3.8, 4) is 0 Å². The molecule has 1 aliphatic rings. The molecule has 3 nitrogen and oxygen atoms in total. The molecule has 16 heavy (non-hydrogen) atoms. The zero-order valence-corrected chi connectivity index (χ0v) is 10.6. The summed E-state index contributed by atoms with van der Waals surface area (Å²) in [6.45, 7) is 10.8. The monoisotopic (exact) mass is 226 g/mol. The number of esters is 1. The molecule has 0 radical (unpaired) electrons. The van der Waals surface area contributed by atoms with Crippen LogP contribution >= 0.6 is 0 Å². The van der Waals surface area contributed by atoms with E-state index in [4.69, 9.17) is 4.74 Å². The molecule has 0 bridgehead atoms. The van der Waals surface area contributed by atoms with Crippen LogP contribution in [0.15, 0.2) is 12.7 Å². The quantitative estimate of drug-likeness (QED) is 0.591. The van der Waals surface area contributed by atoms with Crippen LogP contribution in [0, 0.1) is 11.8 Å². The molecule has 1 aliphatic carbocycles. The van der Waals surface area contributed by atoms with Crippen LogP contribution in [0.25, 0.3) is 0 Å². The number of rotatable bonds is 4. The first-order valence-corrected chi connectivity index (χ1v) is 5.79. The first-order valence-electron chi connectivity index (χ1n) is 5.79. The normalized spacial score (nSPS) is 22.1. The maximum absolute atomic E-state index is 11.9. The molecule has 1 N–H and O–H groups in total. The number of hydrogen-bond acceptors (Lipinski definition) is 3. The highest BCUT2D eigenvalue weighted by molar-refractivity contribution is 5.74. The summed E-state index contributed by atoms with van der Waals surface area (Å²) >= 11 is 0. The number of carbonyl (C=O) groups excluding carboxylic acids is 1. The Balaban J connectivity index is 2.71. The molecule has 0 aromatic carbocycles. The van der Waals surface area contributed by atoms with Gasteiger partial charge in [-0.1, -0.05) is 6.08 Å². The third kappa shape index (κ3) is 2.85. The molecular weight excluding hydrogens is 204 g/mol. The van der Waals surface area contributed by atoms with Gasteiger partial charge in [-0.05, 0) is 46.5 Å². The molecule has 1 rings (SSSR count). The fourth-order valence-electron chi connectivity index (χ4n) is 1.82. The average Bonchev–Trinajstić information content (AvgIpc) is 2.96. The highest BCUT2D eigenvalue weighted by Gasteiger charge is 2.48. The highest BCUT2D eigenvalue weighted by atomic mass is 16.6. The predicted molar refractivity (Wildman–Crippen MR) is 62.9 cm³/mol. The zero-order valence-electron chi connectivity index (χ0n) is 10.6. The van der Waals surface area contributed by atoms with Crippen LogP contribution in [-0.2, 0) is 9.53 Å². The molecular formula is C13H22O3. The summed E-state index contributed by atoms with van der Waals surface area (Å²) in [4.78, 5) is 11.9. The van der Waals surface area contributed by atoms with E-state index < -0.39 is 17.1 Å². The fourth-order valence-corrected chi connectivity index (χ4v) is 1.82. The van der Waals surface area contributed by atoms with Crippen LogP contribution in [0.4, 0.5) is 0 Å². The second kappa shape index (κ2) is 4.21. The van der Waals surface area contributed by atoms with Gasteiger partial charge >= 0.3 is 5.97 Å². The molecule has 92 valence electrons. The van der Waals surface area contributed by atoms with Crippen LogP contribution in [0.1, 0.15) is 40.5 Å². The van der Waals surface area contributed by atoms with Gasteiger partial charge in [0.1, 0.15) is 5.60 Å². The summed E-state index contributed by atoms with van der Waals surface area (Å²) in [5.41, 5.74) is -1.63. The Bertz CT molecular complexity index is 286. The Morgan fingerprint density at radius 3 is 2.31 bits per heavy atom. The van der Waals surface area contributed by atoms with Crippen molar-refractivity contribution < 1.29 is 14.6 Å². The van der Waals surface area contributed by atoms with Gasteiger partial charge in [0.2, 0.25) is 0 Å². The van der Waals surface area contributed by atoms with E-state index >= 15 is 0 Å². The van der Waals surface area contributed by atoms with E-state index in [-0.39, 0.29) is 11.9 Å². The lowest BCUT2D eigenvalue weighted by atomic mass is 9.84. The summed E-state index contributed by atoms with van der Waals surface area (Å²) in [7, 11) is 0. The lowest BCUT2D eigenvalue weighted by Gasteiger charge is -2.32. The second-order valence-electron chi connectivity index (χ2n) is 5.62. The van der Waals surface area contributed by atoms with Crippen molar-refractivity contribution in [2.45, 2.75) is 51.7 Å². The molecule has 3 heteroatoms. The van der Waals surface area contributed by atoms with Crippen molar-refractivity contribution in [1.29, 1.82) is 0 Å². The maximum atomic E-state index is 11.9. The molecule has 1 saturated carbocycles. The van der Waals surface area contributed by atoms with Crippen molar-refractivity contribution >= 4 is 5.97 Å². The van der Waals surface area contributed by atoms with Crippen LogP contribution in [0.3, 0.4) is 0 Å². The molecule has 0 spiro atoms. The van der Waals surface area contributed by atoms with Crippen molar-refractivity contribution in [2.24, 2.45) is 11.8 Å². The minimum atomic E-state index is -1.11. The van der Waals surface area contributed by atoms with Crippen molar-refractivity contribution in [3.05, 3.63) is 12.7 Å². The minimum Gasteiger partial charge on any atom is -0.460 e. The first-order chi connectivity index (χ1) is 7.20. The van der Waals surface area contributed by atoms with Crippen LogP contribution < -0.4 is 0 Å². The van der Waals surface area contributed by atoms with Crippen LogP contribution in [0.2, 0.25) is 0 Å². The third-order valence-electron chi connectivity index (χ3n) is 3.01. The molecule has 0 aliphatic heterocycles. The van der Waals surface area contributed by atoms with Crippen molar-refractivity contribution in [3.63, 3.8) is 0 Å². The molecule has 0 saturated heterocycles. The molecule has 0 aromatic rings. The van der Waals surface area contributed by atoms with E-state index in [0.717, 1.165) is 12.8 Å². The zero-order chi connectivity index (χ0) is 12.6. The lowest BCUT2D eigenvalue weighted by molar-refractivity contribution is -0.167. The second-order valence-corrected chi connectivity index (χ2v) is 5.62. The Kier molecular flexibility index (Phi) is 3.48. The van der Waals surface area contributed by atoms with E-state index in [1.54, 1.807) is 6.92 Å². The average molecular weight is 226 g/mol. The largest absolute Gasteiger partial charge is 0.460 e. The van der Waals surface area contributed by atoms with Gasteiger partial charge in [0, 0.05) is 0 Å². The van der Waals surface area contributed by atoms with Gasteiger partial charge in [-0.15, -0.1) is 6.58 Å². The number of hydrogen-bond donors (Lipinski definition) is 1. The Morgan fingerprint density at radius 1 is 1.50 bits per heavy atom. The minimum absolute atomic E-state index is 0.160. The first kappa shape index (κ1) is 13.2. The van der Waals surface area contributed by atoms with Gasteiger partial charge in [0.25, 0.3) is 0 Å². The van der Waals surface area contributed by atoms with Gasteiger partial charge in [-0.3, -0.25) is 4.79 Å². The van der Waals surface area contributed by atoms with Gasteiger partial charge in [0.15, 0.2) is 0 Å². The number of aliphatic hydroxyl groups is 1. The van der Waals surface area contributed by atoms with E-state index in [1.807, 2.05) is 20.8 Å². The van der Waals surface area contributed by atoms with E-state index in [0.29, 0.717) is 0 Å². The van der Waals surface area contributed by atoms with E-state index in [2.05, 4.69) is 6.58 Å². The van der Waals surface area contributed by atoms with Gasteiger partial charge in [-0.2, -0.15) is 0 Å². The molecule has 0 amide bonds. The summed E-state index contributed by atoms with van der Waals surface area (Å²) in [5, 5.41) is 10.4. The van der Waals surface area contributed by atoms with Gasteiger partial charge < -0.3 is 9.84 Å². The van der Waals surface area contributed by atoms with E-state index in [1.165, 1.54) is 6.08 Å². The summed E-state index contributed by atoms with van der Waals surface area (Å²) in [6, 6.07) is 0. The maximum Gasteiger partial charge on any atom is 0.312 e. The number of ether oxygens (including phenoxy) is 1. The van der Waals surface area contributed by atoms with Crippen molar-refractivity contribution in [1.82, 2.24) is 0 Å². The predicted octanol–water partition coefficient (Wildman–Crippen LogP) is 2.29. The Hall–Kier alpha value is -0.830. The van der Waals surface area contributed by atoms with E-state index in [9.17, 15) is 9.90 Å². The molecule has 1 fully saturated rings. The molecule has 2 unspecified atom stereocenters. The van der Waals surface area contributed by atoms with Gasteiger partial charge in [-0.25, -0.2) is 0 Å².